The van der Waals surface area contributed by atoms with Crippen LogP contribution in [0.5, 0.6) is 0 Å². The third-order valence-electron chi connectivity index (χ3n) is 3.59. The highest BCUT2D eigenvalue weighted by atomic mass is 35.5. The fraction of sp³-hybridized carbons (Fsp3) is 0.0588. The molecule has 0 radical (unpaired) electrons. The van der Waals surface area contributed by atoms with Crippen molar-refractivity contribution in [2.24, 2.45) is 0 Å². The minimum atomic E-state index is 0.458. The number of halogens is 1. The van der Waals surface area contributed by atoms with E-state index in [-0.39, 0.29) is 0 Å². The molecule has 0 saturated carbocycles. The highest BCUT2D eigenvalue weighted by Crippen LogP contribution is 2.30. The Labute approximate surface area is 126 Å². The van der Waals surface area contributed by atoms with E-state index in [4.69, 9.17) is 11.6 Å². The van der Waals surface area contributed by atoms with Crippen LogP contribution in [0.4, 0.5) is 0 Å². The predicted molar refractivity (Wildman–Crippen MR) is 86.1 cm³/mol. The summed E-state index contributed by atoms with van der Waals surface area (Å²) in [7, 11) is 0. The number of benzene rings is 2. The molecule has 0 unspecified atom stereocenters. The van der Waals surface area contributed by atoms with E-state index in [2.05, 4.69) is 38.8 Å². The molecule has 0 bridgehead atoms. The van der Waals surface area contributed by atoms with Gasteiger partial charge in [-0.15, -0.1) is 0 Å². The van der Waals surface area contributed by atoms with Crippen molar-refractivity contribution in [3.63, 3.8) is 0 Å². The molecule has 0 atom stereocenters. The molecular weight excluding hydrogens is 282 g/mol. The zero-order valence-electron chi connectivity index (χ0n) is 11.4. The summed E-state index contributed by atoms with van der Waals surface area (Å²) in [5.41, 5.74) is 3.02. The van der Waals surface area contributed by atoms with Crippen LogP contribution >= 0.6 is 11.6 Å². The van der Waals surface area contributed by atoms with Gasteiger partial charge in [0.1, 0.15) is 5.15 Å². The Bertz CT molecular complexity index is 899. The molecule has 0 aliphatic rings. The van der Waals surface area contributed by atoms with Crippen molar-refractivity contribution in [3.8, 4) is 5.95 Å². The Hall–Kier alpha value is -2.39. The van der Waals surface area contributed by atoms with Gasteiger partial charge in [-0.3, -0.25) is 4.57 Å². The molecule has 21 heavy (non-hydrogen) atoms. The molecule has 3 nitrogen and oxygen atoms in total. The molecule has 0 aliphatic heterocycles. The molecule has 2 aromatic carbocycles. The summed E-state index contributed by atoms with van der Waals surface area (Å²) in [6.45, 7) is 1.92. The van der Waals surface area contributed by atoms with Crippen molar-refractivity contribution >= 4 is 33.4 Å². The molecule has 4 aromatic rings. The largest absolute Gasteiger partial charge is 0.278 e. The quantitative estimate of drug-likeness (QED) is 0.483. The second-order valence-corrected chi connectivity index (χ2v) is 5.39. The van der Waals surface area contributed by atoms with E-state index in [0.29, 0.717) is 11.1 Å². The van der Waals surface area contributed by atoms with Crippen LogP contribution in [0, 0.1) is 6.92 Å². The summed E-state index contributed by atoms with van der Waals surface area (Å²) < 4.78 is 2.06. The maximum Gasteiger partial charge on any atom is 0.236 e. The average Bonchev–Trinajstić information content (AvgIpc) is 2.81. The molecule has 2 heterocycles. The van der Waals surface area contributed by atoms with Gasteiger partial charge in [-0.05, 0) is 25.1 Å². The first-order chi connectivity index (χ1) is 10.2. The molecule has 102 valence electrons. The molecule has 0 fully saturated rings. The molecule has 0 saturated heterocycles. The van der Waals surface area contributed by atoms with Gasteiger partial charge in [-0.25, -0.2) is 9.97 Å². The minimum absolute atomic E-state index is 0.458. The molecule has 4 rings (SSSR count). The van der Waals surface area contributed by atoms with Gasteiger partial charge in [0.2, 0.25) is 5.95 Å². The molecule has 0 spiro atoms. The lowest BCUT2D eigenvalue weighted by atomic mass is 10.2. The molecule has 0 aliphatic carbocycles. The monoisotopic (exact) mass is 293 g/mol. The van der Waals surface area contributed by atoms with Gasteiger partial charge in [-0.1, -0.05) is 48.0 Å². The highest BCUT2D eigenvalue weighted by molar-refractivity contribution is 6.29. The summed E-state index contributed by atoms with van der Waals surface area (Å²) >= 11 is 6.10. The number of fused-ring (bicyclic) bond motifs is 3. The number of aryl methyl sites for hydroxylation is 1. The molecule has 2 aromatic heterocycles. The van der Waals surface area contributed by atoms with E-state index in [0.717, 1.165) is 16.7 Å². The summed E-state index contributed by atoms with van der Waals surface area (Å²) in [5, 5.41) is 2.84. The summed E-state index contributed by atoms with van der Waals surface area (Å²) in [4.78, 5) is 8.94. The maximum absolute atomic E-state index is 6.10. The number of rotatable bonds is 1. The number of aromatic nitrogens is 3. The first kappa shape index (κ1) is 12.4. The first-order valence-electron chi connectivity index (χ1n) is 6.74. The van der Waals surface area contributed by atoms with Crippen LogP contribution in [0.25, 0.3) is 27.8 Å². The molecular formula is C17H12ClN3. The van der Waals surface area contributed by atoms with Crippen LogP contribution in [0.15, 0.2) is 54.6 Å². The van der Waals surface area contributed by atoms with Crippen molar-refractivity contribution in [2.45, 2.75) is 6.92 Å². The summed E-state index contributed by atoms with van der Waals surface area (Å²) in [6, 6.07) is 18.3. The van der Waals surface area contributed by atoms with Crippen molar-refractivity contribution in [1.29, 1.82) is 0 Å². The number of hydrogen-bond acceptors (Lipinski definition) is 2. The van der Waals surface area contributed by atoms with Crippen LogP contribution in [0.1, 0.15) is 5.69 Å². The van der Waals surface area contributed by atoms with E-state index in [1.165, 1.54) is 10.8 Å². The third kappa shape index (κ3) is 1.89. The van der Waals surface area contributed by atoms with E-state index < -0.39 is 0 Å². The van der Waals surface area contributed by atoms with Crippen molar-refractivity contribution in [2.75, 3.05) is 0 Å². The first-order valence-corrected chi connectivity index (χ1v) is 7.11. The Morgan fingerprint density at radius 1 is 0.857 bits per heavy atom. The predicted octanol–water partition coefficient (Wildman–Crippen LogP) is 4.54. The highest BCUT2D eigenvalue weighted by Gasteiger charge is 2.13. The van der Waals surface area contributed by atoms with E-state index in [1.807, 2.05) is 31.2 Å². The molecule has 0 N–H and O–H groups in total. The van der Waals surface area contributed by atoms with Gasteiger partial charge >= 0.3 is 0 Å². The number of para-hydroxylation sites is 2. The second kappa shape index (κ2) is 4.57. The van der Waals surface area contributed by atoms with E-state index in [1.54, 1.807) is 6.07 Å². The van der Waals surface area contributed by atoms with Crippen LogP contribution in [0.2, 0.25) is 5.15 Å². The van der Waals surface area contributed by atoms with Crippen molar-refractivity contribution in [1.82, 2.24) is 14.5 Å². The molecule has 0 amide bonds. The normalized spacial score (nSPS) is 11.3. The Kier molecular flexibility index (Phi) is 2.69. The maximum atomic E-state index is 6.10. The van der Waals surface area contributed by atoms with Gasteiger partial charge in [-0.2, -0.15) is 0 Å². The van der Waals surface area contributed by atoms with Crippen LogP contribution in [-0.4, -0.2) is 14.5 Å². The smallest absolute Gasteiger partial charge is 0.236 e. The van der Waals surface area contributed by atoms with Crippen molar-refractivity contribution < 1.29 is 0 Å². The number of nitrogens with zero attached hydrogens (tertiary/aromatic N) is 3. The standard InChI is InChI=1S/C17H12ClN3/c1-11-10-16(18)20-17(19-11)21-14-8-4-2-6-12(14)13-7-3-5-9-15(13)21/h2-10H,1H3. The lowest BCUT2D eigenvalue weighted by Gasteiger charge is -2.06. The summed E-state index contributed by atoms with van der Waals surface area (Å²) in [6.07, 6.45) is 0. The zero-order valence-corrected chi connectivity index (χ0v) is 12.2. The topological polar surface area (TPSA) is 30.7 Å². The lowest BCUT2D eigenvalue weighted by molar-refractivity contribution is 0.964. The Morgan fingerprint density at radius 2 is 1.43 bits per heavy atom. The van der Waals surface area contributed by atoms with Crippen LogP contribution in [0.3, 0.4) is 0 Å². The minimum Gasteiger partial charge on any atom is -0.278 e. The Morgan fingerprint density at radius 3 is 2.00 bits per heavy atom. The Balaban J connectivity index is 2.20. The SMILES string of the molecule is Cc1cc(Cl)nc(-n2c3ccccc3c3ccccc32)n1. The fourth-order valence-electron chi connectivity index (χ4n) is 2.75. The van der Waals surface area contributed by atoms with Gasteiger partial charge in [0, 0.05) is 16.5 Å². The van der Waals surface area contributed by atoms with Crippen LogP contribution < -0.4 is 0 Å². The van der Waals surface area contributed by atoms with Gasteiger partial charge in [0.15, 0.2) is 0 Å². The van der Waals surface area contributed by atoms with Gasteiger partial charge < -0.3 is 0 Å². The van der Waals surface area contributed by atoms with E-state index in [9.17, 15) is 0 Å². The second-order valence-electron chi connectivity index (χ2n) is 5.00. The van der Waals surface area contributed by atoms with Gasteiger partial charge in [0.05, 0.1) is 11.0 Å². The van der Waals surface area contributed by atoms with Gasteiger partial charge in [0.25, 0.3) is 0 Å². The third-order valence-corrected chi connectivity index (χ3v) is 3.78. The molecule has 4 heteroatoms. The van der Waals surface area contributed by atoms with E-state index >= 15 is 0 Å². The fourth-order valence-corrected chi connectivity index (χ4v) is 2.99. The summed E-state index contributed by atoms with van der Waals surface area (Å²) in [5.74, 6) is 0.609. The van der Waals surface area contributed by atoms with Crippen molar-refractivity contribution in [3.05, 3.63) is 65.4 Å². The van der Waals surface area contributed by atoms with Crippen LogP contribution in [-0.2, 0) is 0 Å². The zero-order chi connectivity index (χ0) is 14.4. The number of hydrogen-bond donors (Lipinski definition) is 0. The lowest BCUT2D eigenvalue weighted by Crippen LogP contribution is -2.02. The average molecular weight is 294 g/mol.